The highest BCUT2D eigenvalue weighted by Gasteiger charge is 2.26. The summed E-state index contributed by atoms with van der Waals surface area (Å²) in [5.74, 6) is -1.27. The molecule has 2 heterocycles. The molecule has 0 radical (unpaired) electrons. The van der Waals surface area contributed by atoms with E-state index in [0.717, 1.165) is 21.3 Å². The number of amides is 1. The maximum atomic E-state index is 13.2. The van der Waals surface area contributed by atoms with Crippen LogP contribution in [0.3, 0.4) is 0 Å². The average Bonchev–Trinajstić information content (AvgIpc) is 3.15. The normalized spacial score (nSPS) is 11.5. The number of carbonyl (C=O) groups is 1. The zero-order chi connectivity index (χ0) is 21.8. The van der Waals surface area contributed by atoms with Crippen LogP contribution in [0.5, 0.6) is 0 Å². The number of aryl methyl sites for hydroxylation is 1. The van der Waals surface area contributed by atoms with Gasteiger partial charge in [0.25, 0.3) is 0 Å². The molecular weight excluding hydrogens is 430 g/mol. The van der Waals surface area contributed by atoms with Crippen LogP contribution in [0, 0.1) is 6.92 Å². The highest BCUT2D eigenvalue weighted by atomic mass is 32.2. The molecule has 0 saturated carbocycles. The summed E-state index contributed by atoms with van der Waals surface area (Å²) in [6.07, 6.45) is 3.32. The zero-order valence-corrected chi connectivity index (χ0v) is 18.6. The molecular formula is C23H21N3O3S2. The van der Waals surface area contributed by atoms with Gasteiger partial charge in [-0.1, -0.05) is 53.8 Å². The van der Waals surface area contributed by atoms with E-state index < -0.39 is 21.5 Å². The van der Waals surface area contributed by atoms with Gasteiger partial charge in [0.2, 0.25) is 5.91 Å². The first-order chi connectivity index (χ1) is 14.9. The second-order valence-electron chi connectivity index (χ2n) is 7.33. The van der Waals surface area contributed by atoms with E-state index in [4.69, 9.17) is 0 Å². The van der Waals surface area contributed by atoms with Gasteiger partial charge in [0, 0.05) is 12.4 Å². The van der Waals surface area contributed by atoms with Gasteiger partial charge in [0.05, 0.1) is 22.5 Å². The van der Waals surface area contributed by atoms with Crippen LogP contribution in [0.2, 0.25) is 0 Å². The van der Waals surface area contributed by atoms with Crippen molar-refractivity contribution in [2.24, 2.45) is 0 Å². The Balaban J connectivity index is 1.63. The van der Waals surface area contributed by atoms with E-state index in [-0.39, 0.29) is 12.3 Å². The molecule has 0 N–H and O–H groups in total. The van der Waals surface area contributed by atoms with Gasteiger partial charge in [-0.25, -0.2) is 13.4 Å². The molecule has 0 bridgehead atoms. The number of aromatic nitrogens is 2. The Bertz CT molecular complexity index is 1300. The highest BCUT2D eigenvalue weighted by molar-refractivity contribution is 7.91. The van der Waals surface area contributed by atoms with Crippen molar-refractivity contribution in [2.75, 3.05) is 10.7 Å². The minimum absolute atomic E-state index is 0.181. The fourth-order valence-electron chi connectivity index (χ4n) is 3.22. The highest BCUT2D eigenvalue weighted by Crippen LogP contribution is 2.30. The van der Waals surface area contributed by atoms with Gasteiger partial charge in [-0.2, -0.15) is 0 Å². The lowest BCUT2D eigenvalue weighted by Crippen LogP contribution is -2.35. The van der Waals surface area contributed by atoms with Crippen molar-refractivity contribution in [3.8, 4) is 0 Å². The van der Waals surface area contributed by atoms with Gasteiger partial charge in [0.15, 0.2) is 15.0 Å². The lowest BCUT2D eigenvalue weighted by atomic mass is 10.2. The molecule has 0 unspecified atom stereocenters. The summed E-state index contributed by atoms with van der Waals surface area (Å²) in [7, 11) is -3.65. The van der Waals surface area contributed by atoms with E-state index >= 15 is 0 Å². The van der Waals surface area contributed by atoms with Crippen molar-refractivity contribution < 1.29 is 13.2 Å². The molecule has 4 rings (SSSR count). The Labute approximate surface area is 185 Å². The van der Waals surface area contributed by atoms with Crippen LogP contribution in [0.25, 0.3) is 10.2 Å². The number of nitrogens with zero attached hydrogens (tertiary/aromatic N) is 3. The number of fused-ring (bicyclic) bond motifs is 1. The molecule has 0 saturated heterocycles. The number of carbonyl (C=O) groups excluding carboxylic acids is 1. The number of sulfone groups is 1. The van der Waals surface area contributed by atoms with Crippen LogP contribution < -0.4 is 4.90 Å². The molecule has 4 aromatic rings. The zero-order valence-electron chi connectivity index (χ0n) is 16.9. The summed E-state index contributed by atoms with van der Waals surface area (Å²) in [6.45, 7) is 2.19. The molecule has 8 heteroatoms. The van der Waals surface area contributed by atoms with Crippen molar-refractivity contribution in [3.05, 3.63) is 89.7 Å². The third-order valence-corrected chi connectivity index (χ3v) is 7.20. The van der Waals surface area contributed by atoms with Crippen LogP contribution in [-0.4, -0.2) is 30.0 Å². The molecule has 0 atom stereocenters. The Morgan fingerprint density at radius 1 is 1.03 bits per heavy atom. The van der Waals surface area contributed by atoms with E-state index in [1.807, 2.05) is 37.3 Å². The number of thiazole rings is 1. The lowest BCUT2D eigenvalue weighted by Gasteiger charge is -2.20. The number of benzene rings is 2. The monoisotopic (exact) mass is 451 g/mol. The van der Waals surface area contributed by atoms with E-state index in [9.17, 15) is 13.2 Å². The fourth-order valence-corrected chi connectivity index (χ4v) is 5.63. The summed E-state index contributed by atoms with van der Waals surface area (Å²) in [6, 6.07) is 18.4. The third-order valence-electron chi connectivity index (χ3n) is 4.70. The number of hydrogen-bond acceptors (Lipinski definition) is 6. The Morgan fingerprint density at radius 3 is 2.55 bits per heavy atom. The molecule has 0 spiro atoms. The Morgan fingerprint density at radius 2 is 1.81 bits per heavy atom. The third kappa shape index (κ3) is 5.34. The molecule has 0 fully saturated rings. The van der Waals surface area contributed by atoms with Gasteiger partial charge >= 0.3 is 0 Å². The minimum Gasteiger partial charge on any atom is -0.283 e. The first kappa shape index (κ1) is 21.1. The standard InChI is InChI=1S/C23H21N3O3S2/c1-17-9-10-20-21(12-17)30-23(25-20)26(14-19-8-5-11-24-13-19)22(27)16-31(28,29)15-18-6-3-2-4-7-18/h2-13H,14-16H2,1H3. The molecule has 31 heavy (non-hydrogen) atoms. The number of hydrogen-bond donors (Lipinski definition) is 0. The lowest BCUT2D eigenvalue weighted by molar-refractivity contribution is -0.116. The molecule has 0 aliphatic rings. The molecule has 6 nitrogen and oxygen atoms in total. The van der Waals surface area contributed by atoms with Crippen LogP contribution in [-0.2, 0) is 26.9 Å². The Hall–Kier alpha value is -3.10. The first-order valence-electron chi connectivity index (χ1n) is 9.70. The average molecular weight is 452 g/mol. The van der Waals surface area contributed by atoms with Crippen molar-refractivity contribution in [3.63, 3.8) is 0 Å². The Kier molecular flexibility index (Phi) is 6.11. The van der Waals surface area contributed by atoms with Gasteiger partial charge in [-0.3, -0.25) is 14.7 Å². The van der Waals surface area contributed by atoms with E-state index in [1.165, 1.54) is 16.2 Å². The minimum atomic E-state index is -3.65. The van der Waals surface area contributed by atoms with Crippen LogP contribution >= 0.6 is 11.3 Å². The van der Waals surface area contributed by atoms with Crippen LogP contribution in [0.15, 0.2) is 73.1 Å². The van der Waals surface area contributed by atoms with E-state index in [1.54, 1.807) is 42.7 Å². The van der Waals surface area contributed by atoms with Crippen LogP contribution in [0.1, 0.15) is 16.7 Å². The van der Waals surface area contributed by atoms with Gasteiger partial charge in [-0.15, -0.1) is 0 Å². The maximum absolute atomic E-state index is 13.2. The van der Waals surface area contributed by atoms with Crippen LogP contribution in [0.4, 0.5) is 5.13 Å². The van der Waals surface area contributed by atoms with Crippen molar-refractivity contribution >= 4 is 42.4 Å². The number of rotatable bonds is 7. The molecule has 0 aliphatic heterocycles. The van der Waals surface area contributed by atoms with Gasteiger partial charge in [-0.05, 0) is 41.8 Å². The maximum Gasteiger partial charge on any atom is 0.244 e. The summed E-state index contributed by atoms with van der Waals surface area (Å²) in [5.41, 5.74) is 3.33. The van der Waals surface area contributed by atoms with Gasteiger partial charge in [0.1, 0.15) is 5.75 Å². The summed E-state index contributed by atoms with van der Waals surface area (Å²) in [5, 5.41) is 0.476. The molecule has 1 amide bonds. The molecule has 0 aliphatic carbocycles. The predicted molar refractivity (Wildman–Crippen MR) is 124 cm³/mol. The fraction of sp³-hybridized carbons (Fsp3) is 0.174. The molecule has 2 aromatic carbocycles. The van der Waals surface area contributed by atoms with E-state index in [0.29, 0.717) is 10.7 Å². The van der Waals surface area contributed by atoms with Crippen molar-refractivity contribution in [1.82, 2.24) is 9.97 Å². The topological polar surface area (TPSA) is 80.2 Å². The first-order valence-corrected chi connectivity index (χ1v) is 12.3. The number of pyridine rings is 1. The number of anilines is 1. The van der Waals surface area contributed by atoms with Crippen molar-refractivity contribution in [1.29, 1.82) is 0 Å². The van der Waals surface area contributed by atoms with Crippen molar-refractivity contribution in [2.45, 2.75) is 19.2 Å². The second kappa shape index (κ2) is 8.95. The summed E-state index contributed by atoms with van der Waals surface area (Å²) < 4.78 is 26.4. The van der Waals surface area contributed by atoms with Gasteiger partial charge < -0.3 is 0 Å². The molecule has 2 aromatic heterocycles. The summed E-state index contributed by atoms with van der Waals surface area (Å²) in [4.78, 5) is 23.3. The summed E-state index contributed by atoms with van der Waals surface area (Å²) >= 11 is 1.38. The largest absolute Gasteiger partial charge is 0.283 e. The smallest absolute Gasteiger partial charge is 0.244 e. The second-order valence-corrected chi connectivity index (χ2v) is 10.4. The molecule has 158 valence electrons. The van der Waals surface area contributed by atoms with E-state index in [2.05, 4.69) is 9.97 Å². The predicted octanol–water partition coefficient (Wildman–Crippen LogP) is 4.15. The quantitative estimate of drug-likeness (QED) is 0.422. The SMILES string of the molecule is Cc1ccc2nc(N(Cc3cccnc3)C(=O)CS(=O)(=O)Cc3ccccc3)sc2c1.